The van der Waals surface area contributed by atoms with Crippen molar-refractivity contribution in [2.75, 3.05) is 6.54 Å². The van der Waals surface area contributed by atoms with Crippen molar-refractivity contribution in [2.45, 2.75) is 51.5 Å². The van der Waals surface area contributed by atoms with Crippen molar-refractivity contribution in [3.63, 3.8) is 0 Å². The number of rotatable bonds is 6. The molecule has 17 heavy (non-hydrogen) atoms. The zero-order valence-corrected chi connectivity index (χ0v) is 11.0. The Hall–Kier alpha value is -0.820. The van der Waals surface area contributed by atoms with Crippen LogP contribution >= 0.6 is 0 Å². The van der Waals surface area contributed by atoms with Crippen molar-refractivity contribution in [1.29, 1.82) is 0 Å². The summed E-state index contributed by atoms with van der Waals surface area (Å²) in [5.41, 5.74) is 1.46. The summed E-state index contributed by atoms with van der Waals surface area (Å²) in [6.07, 6.45) is 8.22. The Morgan fingerprint density at radius 1 is 1.18 bits per heavy atom. The fourth-order valence-electron chi connectivity index (χ4n) is 2.89. The monoisotopic (exact) mass is 231 g/mol. The van der Waals surface area contributed by atoms with E-state index in [1.54, 1.807) is 0 Å². The molecule has 1 aliphatic rings. The Balaban J connectivity index is 1.59. The second kappa shape index (κ2) is 6.80. The van der Waals surface area contributed by atoms with Crippen LogP contribution in [0.25, 0.3) is 0 Å². The lowest BCUT2D eigenvalue weighted by molar-refractivity contribution is 0.380. The maximum Gasteiger partial charge on any atom is 0.00669 e. The van der Waals surface area contributed by atoms with Crippen molar-refractivity contribution in [1.82, 2.24) is 5.32 Å². The van der Waals surface area contributed by atoms with E-state index in [1.807, 2.05) is 0 Å². The highest BCUT2D eigenvalue weighted by Gasteiger charge is 2.20. The van der Waals surface area contributed by atoms with Gasteiger partial charge in [0.15, 0.2) is 0 Å². The molecule has 1 heteroatoms. The van der Waals surface area contributed by atoms with Gasteiger partial charge in [-0.25, -0.2) is 0 Å². The Bertz CT molecular complexity index is 301. The van der Waals surface area contributed by atoms with Gasteiger partial charge in [0, 0.05) is 6.04 Å². The van der Waals surface area contributed by atoms with Crippen molar-refractivity contribution in [2.24, 2.45) is 5.92 Å². The van der Waals surface area contributed by atoms with E-state index in [2.05, 4.69) is 42.6 Å². The van der Waals surface area contributed by atoms with E-state index in [-0.39, 0.29) is 0 Å². The van der Waals surface area contributed by atoms with Crippen LogP contribution in [0.15, 0.2) is 30.3 Å². The zero-order valence-electron chi connectivity index (χ0n) is 11.0. The molecular weight excluding hydrogens is 206 g/mol. The van der Waals surface area contributed by atoms with Gasteiger partial charge >= 0.3 is 0 Å². The number of aryl methyl sites for hydroxylation is 1. The summed E-state index contributed by atoms with van der Waals surface area (Å²) in [6, 6.07) is 11.5. The van der Waals surface area contributed by atoms with Crippen LogP contribution in [0.4, 0.5) is 0 Å². The highest BCUT2D eigenvalue weighted by Crippen LogP contribution is 2.27. The van der Waals surface area contributed by atoms with E-state index >= 15 is 0 Å². The minimum absolute atomic E-state index is 0.716. The van der Waals surface area contributed by atoms with Gasteiger partial charge in [-0.3, -0.25) is 0 Å². The van der Waals surface area contributed by atoms with Gasteiger partial charge in [0.1, 0.15) is 0 Å². The van der Waals surface area contributed by atoms with Crippen LogP contribution < -0.4 is 5.32 Å². The Morgan fingerprint density at radius 2 is 1.88 bits per heavy atom. The number of benzene rings is 1. The number of hydrogen-bond acceptors (Lipinski definition) is 1. The zero-order chi connectivity index (χ0) is 11.9. The molecule has 0 aliphatic heterocycles. The first kappa shape index (κ1) is 12.6. The van der Waals surface area contributed by atoms with E-state index in [1.165, 1.54) is 44.1 Å². The third-order valence-electron chi connectivity index (χ3n) is 4.06. The second-order valence-corrected chi connectivity index (χ2v) is 5.38. The minimum atomic E-state index is 0.716. The first-order valence-electron chi connectivity index (χ1n) is 7.13. The van der Waals surface area contributed by atoms with Crippen molar-refractivity contribution in [3.8, 4) is 0 Å². The molecule has 1 fully saturated rings. The first-order chi connectivity index (χ1) is 8.36. The highest BCUT2D eigenvalue weighted by molar-refractivity contribution is 5.14. The number of nitrogens with one attached hydrogen (secondary N) is 1. The van der Waals surface area contributed by atoms with Gasteiger partial charge in [-0.15, -0.1) is 0 Å². The lowest BCUT2D eigenvalue weighted by Crippen LogP contribution is -2.33. The molecule has 1 atom stereocenters. The molecule has 0 aromatic heterocycles. The van der Waals surface area contributed by atoms with Crippen LogP contribution in [0, 0.1) is 5.92 Å². The first-order valence-corrected chi connectivity index (χ1v) is 7.13. The third-order valence-corrected chi connectivity index (χ3v) is 4.06. The van der Waals surface area contributed by atoms with Gasteiger partial charge < -0.3 is 5.32 Å². The molecule has 94 valence electrons. The van der Waals surface area contributed by atoms with Gasteiger partial charge in [-0.05, 0) is 50.6 Å². The normalized spacial score (nSPS) is 18.4. The molecule has 1 nitrogen and oxygen atoms in total. The Morgan fingerprint density at radius 3 is 2.59 bits per heavy atom. The second-order valence-electron chi connectivity index (χ2n) is 5.38. The fraction of sp³-hybridized carbons (Fsp3) is 0.625. The molecule has 1 aromatic rings. The van der Waals surface area contributed by atoms with Crippen LogP contribution in [0.2, 0.25) is 0 Å². The maximum atomic E-state index is 3.69. The molecular formula is C16H25N. The average Bonchev–Trinajstić information content (AvgIpc) is 2.89. The standard InChI is InChI=1S/C16H25N/c1-14(16-11-5-6-12-16)17-13-7-10-15-8-3-2-4-9-15/h2-4,8-9,14,16-17H,5-7,10-13H2,1H3. The SMILES string of the molecule is CC(NCCCc1ccccc1)C1CCCC1. The van der Waals surface area contributed by atoms with Gasteiger partial charge in [0.2, 0.25) is 0 Å². The van der Waals surface area contributed by atoms with Crippen molar-refractivity contribution < 1.29 is 0 Å². The predicted molar refractivity (Wildman–Crippen MR) is 74.2 cm³/mol. The summed E-state index contributed by atoms with van der Waals surface area (Å²) in [5.74, 6) is 0.937. The summed E-state index contributed by atoms with van der Waals surface area (Å²) < 4.78 is 0. The van der Waals surface area contributed by atoms with Gasteiger partial charge in [0.25, 0.3) is 0 Å². The van der Waals surface area contributed by atoms with Gasteiger partial charge in [-0.2, -0.15) is 0 Å². The van der Waals surface area contributed by atoms with Crippen LogP contribution in [-0.4, -0.2) is 12.6 Å². The third kappa shape index (κ3) is 4.16. The van der Waals surface area contributed by atoms with Crippen LogP contribution in [0.3, 0.4) is 0 Å². The maximum absolute atomic E-state index is 3.69. The lowest BCUT2D eigenvalue weighted by Gasteiger charge is -2.20. The topological polar surface area (TPSA) is 12.0 Å². The number of hydrogen-bond donors (Lipinski definition) is 1. The predicted octanol–water partition coefficient (Wildman–Crippen LogP) is 3.79. The summed E-state index contributed by atoms with van der Waals surface area (Å²) in [7, 11) is 0. The molecule has 1 saturated carbocycles. The van der Waals surface area contributed by atoms with E-state index in [9.17, 15) is 0 Å². The minimum Gasteiger partial charge on any atom is -0.314 e. The Labute approximate surface area is 106 Å². The van der Waals surface area contributed by atoms with Crippen LogP contribution in [0.1, 0.15) is 44.6 Å². The van der Waals surface area contributed by atoms with E-state index < -0.39 is 0 Å². The molecule has 1 aromatic carbocycles. The summed E-state index contributed by atoms with van der Waals surface area (Å²) in [5, 5.41) is 3.69. The smallest absolute Gasteiger partial charge is 0.00669 e. The fourth-order valence-corrected chi connectivity index (χ4v) is 2.89. The molecule has 0 spiro atoms. The quantitative estimate of drug-likeness (QED) is 0.735. The van der Waals surface area contributed by atoms with Gasteiger partial charge in [-0.1, -0.05) is 43.2 Å². The molecule has 0 saturated heterocycles. The molecule has 1 N–H and O–H groups in total. The summed E-state index contributed by atoms with van der Waals surface area (Å²) >= 11 is 0. The van der Waals surface area contributed by atoms with Gasteiger partial charge in [0.05, 0.1) is 0 Å². The summed E-state index contributed by atoms with van der Waals surface area (Å²) in [6.45, 7) is 3.52. The molecule has 0 radical (unpaired) electrons. The molecule has 0 amide bonds. The molecule has 1 unspecified atom stereocenters. The van der Waals surface area contributed by atoms with Crippen molar-refractivity contribution in [3.05, 3.63) is 35.9 Å². The van der Waals surface area contributed by atoms with E-state index in [0.29, 0.717) is 6.04 Å². The largest absolute Gasteiger partial charge is 0.314 e. The molecule has 0 bridgehead atoms. The van der Waals surface area contributed by atoms with Crippen LogP contribution in [0.5, 0.6) is 0 Å². The van der Waals surface area contributed by atoms with Crippen molar-refractivity contribution >= 4 is 0 Å². The van der Waals surface area contributed by atoms with E-state index in [0.717, 1.165) is 12.5 Å². The molecule has 1 aliphatic carbocycles. The molecule has 0 heterocycles. The average molecular weight is 231 g/mol. The summed E-state index contributed by atoms with van der Waals surface area (Å²) in [4.78, 5) is 0. The van der Waals surface area contributed by atoms with Crippen LogP contribution in [-0.2, 0) is 6.42 Å². The van der Waals surface area contributed by atoms with E-state index in [4.69, 9.17) is 0 Å². The lowest BCUT2D eigenvalue weighted by atomic mass is 9.99. The molecule has 2 rings (SSSR count). The highest BCUT2D eigenvalue weighted by atomic mass is 14.9. The Kier molecular flexibility index (Phi) is 5.06.